The van der Waals surface area contributed by atoms with E-state index in [0.717, 1.165) is 17.5 Å². The van der Waals surface area contributed by atoms with Crippen LogP contribution in [0.1, 0.15) is 30.5 Å². The summed E-state index contributed by atoms with van der Waals surface area (Å²) in [6, 6.07) is 17.7. The van der Waals surface area contributed by atoms with Gasteiger partial charge in [0.1, 0.15) is 5.69 Å². The van der Waals surface area contributed by atoms with E-state index < -0.39 is 0 Å². The predicted molar refractivity (Wildman–Crippen MR) is 103 cm³/mol. The van der Waals surface area contributed by atoms with Crippen molar-refractivity contribution in [1.82, 2.24) is 9.55 Å². The van der Waals surface area contributed by atoms with E-state index >= 15 is 0 Å². The number of benzene rings is 2. The van der Waals surface area contributed by atoms with Crippen LogP contribution < -0.4 is 5.56 Å². The number of aryl methyl sites for hydroxylation is 2. The molecule has 6 heteroatoms. The number of para-hydroxylation sites is 2. The molecule has 0 bridgehead atoms. The lowest BCUT2D eigenvalue weighted by molar-refractivity contribution is 0.597. The molecule has 2 aromatic carbocycles. The van der Waals surface area contributed by atoms with Crippen molar-refractivity contribution >= 4 is 11.0 Å². The Kier molecular flexibility index (Phi) is 5.66. The highest BCUT2D eigenvalue weighted by molar-refractivity contribution is 5.74. The molecule has 0 radical (unpaired) electrons. The molecule has 3 aromatic rings. The summed E-state index contributed by atoms with van der Waals surface area (Å²) in [7, 11) is 0. The monoisotopic (exact) mass is 347 g/mol. The third-order valence-corrected chi connectivity index (χ3v) is 4.57. The van der Waals surface area contributed by atoms with Crippen LogP contribution in [0.5, 0.6) is 0 Å². The van der Waals surface area contributed by atoms with Gasteiger partial charge >= 0.3 is 0 Å². The molecule has 6 nitrogen and oxygen atoms in total. The first-order chi connectivity index (χ1) is 12.7. The highest BCUT2D eigenvalue weighted by atomic mass is 16.1. The summed E-state index contributed by atoms with van der Waals surface area (Å²) in [5.74, 6) is -0.207. The molecule has 3 rings (SSSR count). The van der Waals surface area contributed by atoms with Crippen LogP contribution in [0.3, 0.4) is 0 Å². The van der Waals surface area contributed by atoms with E-state index in [1.165, 1.54) is 5.56 Å². The van der Waals surface area contributed by atoms with Gasteiger partial charge in [-0.1, -0.05) is 47.6 Å². The number of nitrogens with zero attached hydrogens (tertiary/aromatic N) is 5. The van der Waals surface area contributed by atoms with Crippen LogP contribution in [0.4, 0.5) is 0 Å². The Labute approximate surface area is 151 Å². The minimum absolute atomic E-state index is 0.0996. The molecular weight excluding hydrogens is 326 g/mol. The molecule has 0 aliphatic heterocycles. The molecule has 0 unspecified atom stereocenters. The number of hydrogen-bond acceptors (Lipinski definition) is 3. The van der Waals surface area contributed by atoms with Crippen molar-refractivity contribution in [3.63, 3.8) is 0 Å². The molecule has 132 valence electrons. The lowest BCUT2D eigenvalue weighted by Gasteiger charge is -2.17. The predicted octanol–water partition coefficient (Wildman–Crippen LogP) is 4.44. The van der Waals surface area contributed by atoms with Gasteiger partial charge < -0.3 is 4.57 Å². The van der Waals surface area contributed by atoms with Crippen molar-refractivity contribution in [1.29, 1.82) is 0 Å². The Bertz CT molecular complexity index is 990. The smallest absolute Gasteiger partial charge is 0.273 e. The first kappa shape index (κ1) is 17.7. The van der Waals surface area contributed by atoms with Crippen molar-refractivity contribution in [2.24, 2.45) is 5.11 Å². The van der Waals surface area contributed by atoms with E-state index in [2.05, 4.69) is 27.1 Å². The van der Waals surface area contributed by atoms with E-state index in [9.17, 15) is 4.79 Å². The molecule has 1 aromatic heterocycles. The second-order valence-corrected chi connectivity index (χ2v) is 6.17. The van der Waals surface area contributed by atoms with Crippen LogP contribution in [0, 0.1) is 0 Å². The third-order valence-electron chi connectivity index (χ3n) is 4.57. The summed E-state index contributed by atoms with van der Waals surface area (Å²) < 4.78 is 1.74. The lowest BCUT2D eigenvalue weighted by Crippen LogP contribution is -2.28. The minimum Gasteiger partial charge on any atom is -0.305 e. The topological polar surface area (TPSA) is 83.7 Å². The SMILES string of the molecule is CCn1c(=O)c([C@H](CCc2ccccc2)CN=[N+]=[N-])nc2ccccc21. The van der Waals surface area contributed by atoms with E-state index in [-0.39, 0.29) is 18.0 Å². The van der Waals surface area contributed by atoms with Crippen LogP contribution in [-0.2, 0) is 13.0 Å². The summed E-state index contributed by atoms with van der Waals surface area (Å²) >= 11 is 0. The standard InChI is InChI=1S/C20H21N5O/c1-2-25-18-11-7-6-10-17(18)23-19(20(25)26)16(14-22-24-21)13-12-15-8-4-3-5-9-15/h3-11,16H,2,12-14H2,1H3/t16-/m1/s1. The largest absolute Gasteiger partial charge is 0.305 e. The number of fused-ring (bicyclic) bond motifs is 1. The summed E-state index contributed by atoms with van der Waals surface area (Å²) in [6.45, 7) is 2.75. The fourth-order valence-electron chi connectivity index (χ4n) is 3.23. The van der Waals surface area contributed by atoms with Crippen molar-refractivity contribution < 1.29 is 0 Å². The molecule has 0 fully saturated rings. The average molecular weight is 347 g/mol. The minimum atomic E-state index is -0.207. The van der Waals surface area contributed by atoms with Gasteiger partial charge in [-0.25, -0.2) is 4.98 Å². The fraction of sp³-hybridized carbons (Fsp3) is 0.300. The maximum atomic E-state index is 13.0. The Morgan fingerprint density at radius 3 is 2.62 bits per heavy atom. The summed E-state index contributed by atoms with van der Waals surface area (Å²) in [5.41, 5.74) is 11.9. The van der Waals surface area contributed by atoms with Crippen LogP contribution >= 0.6 is 0 Å². The second kappa shape index (κ2) is 8.32. The van der Waals surface area contributed by atoms with Crippen molar-refractivity contribution in [3.8, 4) is 0 Å². The lowest BCUT2D eigenvalue weighted by atomic mass is 9.96. The molecule has 1 atom stereocenters. The van der Waals surface area contributed by atoms with Crippen molar-refractivity contribution in [3.05, 3.63) is 86.7 Å². The number of aromatic nitrogens is 2. The van der Waals surface area contributed by atoms with E-state index in [4.69, 9.17) is 5.53 Å². The van der Waals surface area contributed by atoms with E-state index in [1.54, 1.807) is 4.57 Å². The van der Waals surface area contributed by atoms with Gasteiger partial charge in [0.25, 0.3) is 5.56 Å². The molecule has 0 saturated heterocycles. The van der Waals surface area contributed by atoms with Crippen LogP contribution in [0.15, 0.2) is 64.5 Å². The van der Waals surface area contributed by atoms with E-state index in [1.807, 2.05) is 49.4 Å². The molecule has 0 N–H and O–H groups in total. The zero-order valence-electron chi connectivity index (χ0n) is 14.7. The first-order valence-electron chi connectivity index (χ1n) is 8.78. The highest BCUT2D eigenvalue weighted by Gasteiger charge is 2.19. The number of azide groups is 1. The average Bonchev–Trinajstić information content (AvgIpc) is 2.69. The van der Waals surface area contributed by atoms with Gasteiger partial charge in [-0.2, -0.15) is 0 Å². The van der Waals surface area contributed by atoms with Gasteiger partial charge in [0.05, 0.1) is 11.0 Å². The second-order valence-electron chi connectivity index (χ2n) is 6.17. The Morgan fingerprint density at radius 1 is 1.15 bits per heavy atom. The van der Waals surface area contributed by atoms with Gasteiger partial charge in [-0.15, -0.1) is 0 Å². The van der Waals surface area contributed by atoms with Crippen molar-refractivity contribution in [2.45, 2.75) is 32.2 Å². The molecule has 0 amide bonds. The zero-order chi connectivity index (χ0) is 18.4. The summed E-state index contributed by atoms with van der Waals surface area (Å²) in [6.07, 6.45) is 1.50. The number of hydrogen-bond donors (Lipinski definition) is 0. The molecule has 0 aliphatic carbocycles. The molecule has 0 spiro atoms. The van der Waals surface area contributed by atoms with Gasteiger partial charge in [0, 0.05) is 23.9 Å². The third kappa shape index (κ3) is 3.76. The Hall–Kier alpha value is -3.11. The van der Waals surface area contributed by atoms with Gasteiger partial charge in [-0.05, 0) is 43.0 Å². The van der Waals surface area contributed by atoms with Crippen LogP contribution in [-0.4, -0.2) is 16.1 Å². The highest BCUT2D eigenvalue weighted by Crippen LogP contribution is 2.21. The Morgan fingerprint density at radius 2 is 1.88 bits per heavy atom. The van der Waals surface area contributed by atoms with Gasteiger partial charge in [0.2, 0.25) is 0 Å². The molecule has 26 heavy (non-hydrogen) atoms. The van der Waals surface area contributed by atoms with Crippen LogP contribution in [0.25, 0.3) is 21.5 Å². The first-order valence-corrected chi connectivity index (χ1v) is 8.78. The zero-order valence-corrected chi connectivity index (χ0v) is 14.7. The molecule has 0 aliphatic rings. The maximum absolute atomic E-state index is 13.0. The normalized spacial score (nSPS) is 11.9. The van der Waals surface area contributed by atoms with Gasteiger partial charge in [-0.3, -0.25) is 4.79 Å². The molecular formula is C20H21N5O. The maximum Gasteiger partial charge on any atom is 0.273 e. The summed E-state index contributed by atoms with van der Waals surface area (Å²) in [5, 5.41) is 3.73. The van der Waals surface area contributed by atoms with Crippen molar-refractivity contribution in [2.75, 3.05) is 6.54 Å². The molecule has 0 saturated carbocycles. The number of rotatable bonds is 7. The molecule has 1 heterocycles. The quantitative estimate of drug-likeness (QED) is 0.359. The van der Waals surface area contributed by atoms with Gasteiger partial charge in [0.15, 0.2) is 0 Å². The fourth-order valence-corrected chi connectivity index (χ4v) is 3.23. The Balaban J connectivity index is 2.01. The van der Waals surface area contributed by atoms with E-state index in [0.29, 0.717) is 18.7 Å². The van der Waals surface area contributed by atoms with Crippen LogP contribution in [0.2, 0.25) is 0 Å². The summed E-state index contributed by atoms with van der Waals surface area (Å²) in [4.78, 5) is 20.5.